The van der Waals surface area contributed by atoms with Crippen LogP contribution < -0.4 is 15.5 Å². The summed E-state index contributed by atoms with van der Waals surface area (Å²) in [5.41, 5.74) is 8.78. The third-order valence-electron chi connectivity index (χ3n) is 4.80. The predicted molar refractivity (Wildman–Crippen MR) is 135 cm³/mol. The summed E-state index contributed by atoms with van der Waals surface area (Å²) in [5, 5.41) is 9.74. The third kappa shape index (κ3) is 6.27. The van der Waals surface area contributed by atoms with E-state index in [1.165, 1.54) is 23.8 Å². The molecule has 0 unspecified atom stereocenters. The van der Waals surface area contributed by atoms with Crippen LogP contribution in [0.2, 0.25) is 0 Å². The minimum atomic E-state index is -0.0946. The standard InChI is InChI=1S/C26H24N4O2S/c1-18-7-9-20(10-8-18)16-32-25-6-4-3-5-22(25)15-27-30-26-29-24(17-33-26)21-11-13-23(14-12-21)28-19(2)31/h3-15,17H,16H2,1-2H3,(H,28,31)(H,29,30)/b27-15-. The number of hydrazone groups is 1. The molecule has 4 rings (SSSR count). The number of thiazole rings is 1. The number of rotatable bonds is 8. The average Bonchev–Trinajstić information content (AvgIpc) is 3.28. The topological polar surface area (TPSA) is 75.6 Å². The number of carbonyl (C=O) groups is 1. The summed E-state index contributed by atoms with van der Waals surface area (Å²) < 4.78 is 6.00. The van der Waals surface area contributed by atoms with Crippen LogP contribution in [-0.2, 0) is 11.4 Å². The minimum Gasteiger partial charge on any atom is -0.488 e. The molecule has 0 fully saturated rings. The van der Waals surface area contributed by atoms with Gasteiger partial charge in [0, 0.05) is 29.1 Å². The fourth-order valence-corrected chi connectivity index (χ4v) is 3.77. The molecule has 2 N–H and O–H groups in total. The SMILES string of the molecule is CC(=O)Nc1ccc(-c2csc(N/N=C\c3ccccc3OCc3ccc(C)cc3)n2)cc1. The first-order valence-electron chi connectivity index (χ1n) is 10.5. The van der Waals surface area contributed by atoms with Crippen molar-refractivity contribution < 1.29 is 9.53 Å². The summed E-state index contributed by atoms with van der Waals surface area (Å²) in [7, 11) is 0. The number of aryl methyl sites for hydroxylation is 1. The van der Waals surface area contributed by atoms with Crippen molar-refractivity contribution in [3.05, 3.63) is 94.9 Å². The lowest BCUT2D eigenvalue weighted by atomic mass is 10.1. The molecule has 6 nitrogen and oxygen atoms in total. The van der Waals surface area contributed by atoms with Gasteiger partial charge in [-0.3, -0.25) is 10.2 Å². The van der Waals surface area contributed by atoms with Crippen LogP contribution in [0.15, 0.2) is 83.3 Å². The monoisotopic (exact) mass is 456 g/mol. The number of anilines is 2. The second-order valence-electron chi connectivity index (χ2n) is 7.48. The number of amides is 1. The number of nitrogens with one attached hydrogen (secondary N) is 2. The zero-order chi connectivity index (χ0) is 23.0. The summed E-state index contributed by atoms with van der Waals surface area (Å²) in [5.74, 6) is 0.672. The van der Waals surface area contributed by atoms with Crippen molar-refractivity contribution in [2.45, 2.75) is 20.5 Å². The molecule has 3 aromatic carbocycles. The highest BCUT2D eigenvalue weighted by molar-refractivity contribution is 7.14. The van der Waals surface area contributed by atoms with Crippen LogP contribution in [0.5, 0.6) is 5.75 Å². The number of hydrogen-bond acceptors (Lipinski definition) is 6. The van der Waals surface area contributed by atoms with Crippen molar-refractivity contribution in [2.24, 2.45) is 5.10 Å². The first kappa shape index (κ1) is 22.2. The summed E-state index contributed by atoms with van der Waals surface area (Å²) in [6.45, 7) is 4.05. The summed E-state index contributed by atoms with van der Waals surface area (Å²) in [6.07, 6.45) is 1.73. The van der Waals surface area contributed by atoms with Crippen LogP contribution in [0.1, 0.15) is 23.6 Å². The molecular formula is C26H24N4O2S. The number of hydrogen-bond donors (Lipinski definition) is 2. The van der Waals surface area contributed by atoms with Gasteiger partial charge in [-0.2, -0.15) is 5.10 Å². The molecule has 166 valence electrons. The molecule has 33 heavy (non-hydrogen) atoms. The fourth-order valence-electron chi connectivity index (χ4n) is 3.11. The second kappa shape index (κ2) is 10.6. The van der Waals surface area contributed by atoms with Crippen LogP contribution in [0.25, 0.3) is 11.3 Å². The quantitative estimate of drug-likeness (QED) is 0.248. The molecule has 0 aliphatic rings. The van der Waals surface area contributed by atoms with Gasteiger partial charge in [0.25, 0.3) is 0 Å². The van der Waals surface area contributed by atoms with E-state index >= 15 is 0 Å². The Bertz CT molecular complexity index is 1250. The molecule has 0 aliphatic carbocycles. The van der Waals surface area contributed by atoms with Crippen LogP contribution >= 0.6 is 11.3 Å². The zero-order valence-electron chi connectivity index (χ0n) is 18.4. The number of carbonyl (C=O) groups excluding carboxylic acids is 1. The van der Waals surface area contributed by atoms with Gasteiger partial charge in [-0.25, -0.2) is 4.98 Å². The lowest BCUT2D eigenvalue weighted by molar-refractivity contribution is -0.114. The van der Waals surface area contributed by atoms with Gasteiger partial charge in [-0.1, -0.05) is 54.1 Å². The molecule has 0 radical (unpaired) electrons. The Morgan fingerprint density at radius 1 is 1.06 bits per heavy atom. The molecule has 1 aromatic heterocycles. The van der Waals surface area contributed by atoms with Gasteiger partial charge in [-0.05, 0) is 36.8 Å². The van der Waals surface area contributed by atoms with Crippen molar-refractivity contribution in [1.29, 1.82) is 0 Å². The van der Waals surface area contributed by atoms with E-state index in [-0.39, 0.29) is 5.91 Å². The molecule has 0 atom stereocenters. The van der Waals surface area contributed by atoms with Gasteiger partial charge in [0.2, 0.25) is 11.0 Å². The number of para-hydroxylation sites is 1. The maximum Gasteiger partial charge on any atom is 0.221 e. The lowest BCUT2D eigenvalue weighted by Crippen LogP contribution is -2.05. The molecule has 7 heteroatoms. The Morgan fingerprint density at radius 2 is 1.82 bits per heavy atom. The van der Waals surface area contributed by atoms with Crippen molar-refractivity contribution >= 4 is 34.3 Å². The van der Waals surface area contributed by atoms with Crippen molar-refractivity contribution in [3.8, 4) is 17.0 Å². The summed E-state index contributed by atoms with van der Waals surface area (Å²) in [6, 6.07) is 23.6. The molecule has 0 saturated carbocycles. The lowest BCUT2D eigenvalue weighted by Gasteiger charge is -2.09. The molecule has 0 spiro atoms. The predicted octanol–water partition coefficient (Wildman–Crippen LogP) is 6.10. The number of nitrogens with zero attached hydrogens (tertiary/aromatic N) is 2. The van der Waals surface area contributed by atoms with E-state index in [0.717, 1.165) is 33.8 Å². The van der Waals surface area contributed by atoms with Gasteiger partial charge in [-0.15, -0.1) is 11.3 Å². The molecular weight excluding hydrogens is 432 g/mol. The highest BCUT2D eigenvalue weighted by atomic mass is 32.1. The Balaban J connectivity index is 1.37. The molecule has 0 saturated heterocycles. The second-order valence-corrected chi connectivity index (χ2v) is 8.34. The Labute approximate surface area is 197 Å². The molecule has 1 amide bonds. The third-order valence-corrected chi connectivity index (χ3v) is 5.55. The Hall–Kier alpha value is -3.97. The summed E-state index contributed by atoms with van der Waals surface area (Å²) in [4.78, 5) is 15.7. The van der Waals surface area contributed by atoms with E-state index < -0.39 is 0 Å². The van der Waals surface area contributed by atoms with E-state index in [2.05, 4.69) is 52.0 Å². The number of aromatic nitrogens is 1. The highest BCUT2D eigenvalue weighted by Gasteiger charge is 2.05. The maximum atomic E-state index is 11.2. The molecule has 0 aliphatic heterocycles. The first-order valence-corrected chi connectivity index (χ1v) is 11.3. The van der Waals surface area contributed by atoms with Crippen LogP contribution in [0, 0.1) is 6.92 Å². The first-order chi connectivity index (χ1) is 16.1. The molecule has 1 heterocycles. The molecule has 0 bridgehead atoms. The number of ether oxygens (including phenoxy) is 1. The van der Waals surface area contributed by atoms with E-state index in [1.807, 2.05) is 53.9 Å². The smallest absolute Gasteiger partial charge is 0.221 e. The van der Waals surface area contributed by atoms with Gasteiger partial charge < -0.3 is 10.1 Å². The van der Waals surface area contributed by atoms with Gasteiger partial charge in [0.1, 0.15) is 12.4 Å². The van der Waals surface area contributed by atoms with Gasteiger partial charge >= 0.3 is 0 Å². The largest absolute Gasteiger partial charge is 0.488 e. The van der Waals surface area contributed by atoms with E-state index in [9.17, 15) is 4.79 Å². The van der Waals surface area contributed by atoms with Crippen LogP contribution in [0.4, 0.5) is 10.8 Å². The normalized spacial score (nSPS) is 10.8. The van der Waals surface area contributed by atoms with Crippen molar-refractivity contribution in [1.82, 2.24) is 4.98 Å². The van der Waals surface area contributed by atoms with Crippen molar-refractivity contribution in [2.75, 3.05) is 10.7 Å². The van der Waals surface area contributed by atoms with E-state index in [4.69, 9.17) is 4.74 Å². The van der Waals surface area contributed by atoms with Crippen LogP contribution in [0.3, 0.4) is 0 Å². The molecule has 4 aromatic rings. The Kier molecular flexibility index (Phi) is 7.12. The summed E-state index contributed by atoms with van der Waals surface area (Å²) >= 11 is 1.47. The highest BCUT2D eigenvalue weighted by Crippen LogP contribution is 2.26. The Morgan fingerprint density at radius 3 is 2.58 bits per heavy atom. The van der Waals surface area contributed by atoms with Gasteiger partial charge in [0.05, 0.1) is 11.9 Å². The van der Waals surface area contributed by atoms with E-state index in [1.54, 1.807) is 6.21 Å². The fraction of sp³-hybridized carbons (Fsp3) is 0.115. The van der Waals surface area contributed by atoms with Gasteiger partial charge in [0.15, 0.2) is 0 Å². The maximum absolute atomic E-state index is 11.2. The van der Waals surface area contributed by atoms with Crippen molar-refractivity contribution in [3.63, 3.8) is 0 Å². The number of benzene rings is 3. The van der Waals surface area contributed by atoms with E-state index in [0.29, 0.717) is 11.7 Å². The average molecular weight is 457 g/mol. The zero-order valence-corrected chi connectivity index (χ0v) is 19.2. The van der Waals surface area contributed by atoms with Crippen LogP contribution in [-0.4, -0.2) is 17.1 Å². The minimum absolute atomic E-state index is 0.0946.